The van der Waals surface area contributed by atoms with E-state index in [2.05, 4.69) is 22.3 Å². The summed E-state index contributed by atoms with van der Waals surface area (Å²) in [6.07, 6.45) is 7.98. The van der Waals surface area contributed by atoms with Crippen molar-refractivity contribution in [1.29, 1.82) is 0 Å². The van der Waals surface area contributed by atoms with Crippen molar-refractivity contribution in [3.8, 4) is 0 Å². The van der Waals surface area contributed by atoms with E-state index >= 15 is 0 Å². The van der Waals surface area contributed by atoms with E-state index < -0.39 is 0 Å². The maximum atomic E-state index is 12.7. The summed E-state index contributed by atoms with van der Waals surface area (Å²) in [7, 11) is 0. The predicted molar refractivity (Wildman–Crippen MR) is 98.1 cm³/mol. The number of hydrogen-bond acceptors (Lipinski definition) is 3. The van der Waals surface area contributed by atoms with Gasteiger partial charge in [-0.1, -0.05) is 30.3 Å². The van der Waals surface area contributed by atoms with Crippen LogP contribution in [0.4, 0.5) is 0 Å². The number of carbonyl (C=O) groups is 1. The molecule has 25 heavy (non-hydrogen) atoms. The molecule has 1 amide bonds. The molecular weight excluding hydrogens is 312 g/mol. The average molecular weight is 342 g/mol. The van der Waals surface area contributed by atoms with Crippen molar-refractivity contribution in [1.82, 2.24) is 10.2 Å². The van der Waals surface area contributed by atoms with Gasteiger partial charge in [-0.2, -0.15) is 0 Å². The first-order valence-corrected chi connectivity index (χ1v) is 9.95. The van der Waals surface area contributed by atoms with Crippen molar-refractivity contribution in [3.63, 3.8) is 0 Å². The molecule has 3 aliphatic rings. The molecule has 4 rings (SSSR count). The second-order valence-electron chi connectivity index (χ2n) is 8.06. The summed E-state index contributed by atoms with van der Waals surface area (Å²) < 4.78 is 6.04. The van der Waals surface area contributed by atoms with Crippen molar-refractivity contribution in [2.75, 3.05) is 13.1 Å². The van der Waals surface area contributed by atoms with Crippen LogP contribution in [0.5, 0.6) is 0 Å². The smallest absolute Gasteiger partial charge is 0.222 e. The molecule has 1 aromatic carbocycles. The Kier molecular flexibility index (Phi) is 5.37. The number of amides is 1. The second kappa shape index (κ2) is 7.88. The Bertz CT molecular complexity index is 557. The average Bonchev–Trinajstić information content (AvgIpc) is 2.99. The molecule has 4 nitrogen and oxygen atoms in total. The predicted octanol–water partition coefficient (Wildman–Crippen LogP) is 3.11. The summed E-state index contributed by atoms with van der Waals surface area (Å²) in [5.74, 6) is 0.964. The largest absolute Gasteiger partial charge is 0.373 e. The lowest BCUT2D eigenvalue weighted by atomic mass is 9.89. The minimum atomic E-state index is 0.291. The van der Waals surface area contributed by atoms with E-state index in [0.717, 1.165) is 32.4 Å². The quantitative estimate of drug-likeness (QED) is 0.894. The zero-order valence-electron chi connectivity index (χ0n) is 15.0. The van der Waals surface area contributed by atoms with Gasteiger partial charge in [-0.15, -0.1) is 0 Å². The number of hydrogen-bond donors (Lipinski definition) is 1. The molecule has 3 aliphatic heterocycles. The molecule has 2 bridgehead atoms. The number of rotatable bonds is 5. The molecule has 0 aliphatic carbocycles. The third-order valence-electron chi connectivity index (χ3n) is 6.16. The highest BCUT2D eigenvalue weighted by molar-refractivity contribution is 5.76. The van der Waals surface area contributed by atoms with Crippen LogP contribution in [0, 0.1) is 5.92 Å². The maximum absolute atomic E-state index is 12.7. The first kappa shape index (κ1) is 17.0. The fraction of sp³-hybridized carbons (Fsp3) is 0.667. The molecule has 3 saturated heterocycles. The summed E-state index contributed by atoms with van der Waals surface area (Å²) in [4.78, 5) is 14.7. The number of nitrogens with one attached hydrogen (secondary N) is 1. The van der Waals surface area contributed by atoms with E-state index in [-0.39, 0.29) is 0 Å². The van der Waals surface area contributed by atoms with Crippen LogP contribution in [0.3, 0.4) is 0 Å². The van der Waals surface area contributed by atoms with Crippen LogP contribution in [-0.2, 0) is 16.1 Å². The van der Waals surface area contributed by atoms with Gasteiger partial charge in [0.05, 0.1) is 12.7 Å². The fourth-order valence-corrected chi connectivity index (χ4v) is 4.78. The molecule has 0 aromatic heterocycles. The number of benzene rings is 1. The van der Waals surface area contributed by atoms with E-state index in [1.807, 2.05) is 18.2 Å². The van der Waals surface area contributed by atoms with E-state index in [9.17, 15) is 4.79 Å². The van der Waals surface area contributed by atoms with Crippen LogP contribution in [0.1, 0.15) is 50.5 Å². The zero-order chi connectivity index (χ0) is 17.1. The monoisotopic (exact) mass is 342 g/mol. The van der Waals surface area contributed by atoms with Gasteiger partial charge in [0.15, 0.2) is 0 Å². The molecule has 2 unspecified atom stereocenters. The van der Waals surface area contributed by atoms with Gasteiger partial charge in [-0.05, 0) is 50.0 Å². The molecule has 136 valence electrons. The van der Waals surface area contributed by atoms with Crippen molar-refractivity contribution < 1.29 is 9.53 Å². The Morgan fingerprint density at radius 3 is 2.40 bits per heavy atom. The van der Waals surface area contributed by atoms with Crippen LogP contribution in [0.25, 0.3) is 0 Å². The molecule has 2 atom stereocenters. The Morgan fingerprint density at radius 1 is 1.04 bits per heavy atom. The Balaban J connectivity index is 1.18. The Morgan fingerprint density at radius 2 is 1.72 bits per heavy atom. The summed E-state index contributed by atoms with van der Waals surface area (Å²) in [5, 5.41) is 3.66. The normalized spacial score (nSPS) is 29.8. The highest BCUT2D eigenvalue weighted by atomic mass is 16.5. The summed E-state index contributed by atoms with van der Waals surface area (Å²) in [5.41, 5.74) is 1.22. The molecule has 3 heterocycles. The van der Waals surface area contributed by atoms with Gasteiger partial charge in [0.2, 0.25) is 5.91 Å². The van der Waals surface area contributed by atoms with Crippen LogP contribution in [0.2, 0.25) is 0 Å². The molecule has 1 N–H and O–H groups in total. The summed E-state index contributed by atoms with van der Waals surface area (Å²) in [6.45, 7) is 2.39. The van der Waals surface area contributed by atoms with E-state index in [1.165, 1.54) is 31.2 Å². The van der Waals surface area contributed by atoms with Gasteiger partial charge >= 0.3 is 0 Å². The van der Waals surface area contributed by atoms with Crippen molar-refractivity contribution in [2.24, 2.45) is 5.92 Å². The zero-order valence-corrected chi connectivity index (χ0v) is 15.0. The van der Waals surface area contributed by atoms with Crippen LogP contribution >= 0.6 is 0 Å². The lowest BCUT2D eigenvalue weighted by molar-refractivity contribution is -0.135. The molecule has 0 saturated carbocycles. The first-order valence-electron chi connectivity index (χ1n) is 9.95. The van der Waals surface area contributed by atoms with Crippen molar-refractivity contribution >= 4 is 5.91 Å². The number of fused-ring (bicyclic) bond motifs is 2. The highest BCUT2D eigenvalue weighted by Crippen LogP contribution is 2.33. The van der Waals surface area contributed by atoms with Crippen molar-refractivity contribution in [3.05, 3.63) is 35.9 Å². The first-order chi connectivity index (χ1) is 12.3. The van der Waals surface area contributed by atoms with Crippen LogP contribution < -0.4 is 5.32 Å². The van der Waals surface area contributed by atoms with Crippen molar-refractivity contribution in [2.45, 2.75) is 69.7 Å². The molecule has 3 fully saturated rings. The van der Waals surface area contributed by atoms with Gasteiger partial charge in [-0.3, -0.25) is 4.79 Å². The third kappa shape index (κ3) is 4.42. The maximum Gasteiger partial charge on any atom is 0.222 e. The lowest BCUT2D eigenvalue weighted by Gasteiger charge is -2.34. The van der Waals surface area contributed by atoms with Gasteiger partial charge in [0.1, 0.15) is 0 Å². The molecule has 4 heteroatoms. The Labute approximate surface area is 150 Å². The fourth-order valence-electron chi connectivity index (χ4n) is 4.78. The van der Waals surface area contributed by atoms with Gasteiger partial charge < -0.3 is 15.0 Å². The number of nitrogens with zero attached hydrogens (tertiary/aromatic N) is 1. The van der Waals surface area contributed by atoms with Crippen LogP contribution in [0.15, 0.2) is 30.3 Å². The molecule has 0 radical (unpaired) electrons. The minimum Gasteiger partial charge on any atom is -0.373 e. The van der Waals surface area contributed by atoms with Gasteiger partial charge in [0, 0.05) is 31.6 Å². The Hall–Kier alpha value is -1.39. The number of likely N-dealkylation sites (tertiary alicyclic amines) is 1. The number of carbonyl (C=O) groups excluding carboxylic acids is 1. The third-order valence-corrected chi connectivity index (χ3v) is 6.16. The summed E-state index contributed by atoms with van der Waals surface area (Å²) >= 11 is 0. The highest BCUT2D eigenvalue weighted by Gasteiger charge is 2.35. The second-order valence-corrected chi connectivity index (χ2v) is 8.06. The van der Waals surface area contributed by atoms with Crippen LogP contribution in [-0.4, -0.2) is 42.1 Å². The SMILES string of the molecule is O=C(CC1CC2CCC(C1)N2)N1CCC(OCc2ccccc2)CC1. The number of ether oxygens (including phenoxy) is 1. The van der Waals surface area contributed by atoms with E-state index in [4.69, 9.17) is 4.74 Å². The standard InChI is InChI=1S/C21H30N2O2/c24-21(14-17-12-18-6-7-19(13-17)22-18)23-10-8-20(9-11-23)25-15-16-4-2-1-3-5-16/h1-5,17-20,22H,6-15H2. The lowest BCUT2D eigenvalue weighted by Crippen LogP contribution is -2.43. The van der Waals surface area contributed by atoms with Gasteiger partial charge in [0.25, 0.3) is 0 Å². The topological polar surface area (TPSA) is 41.6 Å². The van der Waals surface area contributed by atoms with Gasteiger partial charge in [-0.25, -0.2) is 0 Å². The minimum absolute atomic E-state index is 0.291. The molecule has 1 aromatic rings. The molecular formula is C21H30N2O2. The molecule has 0 spiro atoms. The van der Waals surface area contributed by atoms with E-state index in [0.29, 0.717) is 36.6 Å². The number of piperidine rings is 2. The summed E-state index contributed by atoms with van der Waals surface area (Å²) in [6, 6.07) is 11.7. The van der Waals surface area contributed by atoms with E-state index in [1.54, 1.807) is 0 Å².